The lowest BCUT2D eigenvalue weighted by atomic mass is 9.66. The lowest BCUT2D eigenvalue weighted by Gasteiger charge is -2.38. The van der Waals surface area contributed by atoms with Crippen LogP contribution < -0.4 is 0 Å². The first-order valence-corrected chi connectivity index (χ1v) is 8.78. The van der Waals surface area contributed by atoms with Gasteiger partial charge in [-0.05, 0) is 36.1 Å². The number of carbonyl (C=O) groups excluding carboxylic acids is 1. The van der Waals surface area contributed by atoms with E-state index in [4.69, 9.17) is 0 Å². The summed E-state index contributed by atoms with van der Waals surface area (Å²) in [4.78, 5) is 26.2. The van der Waals surface area contributed by atoms with Gasteiger partial charge in [-0.25, -0.2) is 4.39 Å². The van der Waals surface area contributed by atoms with Crippen molar-refractivity contribution in [1.29, 1.82) is 0 Å². The topological polar surface area (TPSA) is 57.6 Å². The van der Waals surface area contributed by atoms with Crippen molar-refractivity contribution in [3.05, 3.63) is 71.5 Å². The van der Waals surface area contributed by atoms with E-state index in [-0.39, 0.29) is 18.1 Å². The number of carboxylic acid groups (broad SMARTS) is 1. The normalized spacial score (nSPS) is 15.1. The molecule has 2 aromatic rings. The Morgan fingerprint density at radius 2 is 1.54 bits per heavy atom. The fourth-order valence-electron chi connectivity index (χ4n) is 3.32. The Morgan fingerprint density at radius 3 is 2.04 bits per heavy atom. The van der Waals surface area contributed by atoms with Crippen molar-refractivity contribution in [2.75, 3.05) is 0 Å². The third-order valence-corrected chi connectivity index (χ3v) is 5.11. The predicted octanol–water partition coefficient (Wildman–Crippen LogP) is 4.00. The van der Waals surface area contributed by atoms with Crippen LogP contribution in [0.1, 0.15) is 36.8 Å². The maximum atomic E-state index is 13.1. The van der Waals surface area contributed by atoms with Crippen LogP contribution in [-0.2, 0) is 22.7 Å². The molecule has 0 saturated heterocycles. The molecular weight excluding hydrogens is 333 g/mol. The van der Waals surface area contributed by atoms with Crippen LogP contribution in [0.3, 0.4) is 0 Å². The monoisotopic (exact) mass is 355 g/mol. The first-order valence-electron chi connectivity index (χ1n) is 8.78. The summed E-state index contributed by atoms with van der Waals surface area (Å²) in [5.41, 5.74) is 0.865. The first-order chi connectivity index (χ1) is 12.5. The lowest BCUT2D eigenvalue weighted by Crippen LogP contribution is -2.43. The fraction of sp³-hybridized carbons (Fsp3) is 0.333. The molecule has 1 fully saturated rings. The number of aliphatic carboxylic acids is 1. The Bertz CT molecular complexity index is 770. The summed E-state index contributed by atoms with van der Waals surface area (Å²) in [7, 11) is 0. The second-order valence-electron chi connectivity index (χ2n) is 6.98. The Morgan fingerprint density at radius 1 is 0.962 bits per heavy atom. The standard InChI is InChI=1S/C21H22FNO3/c22-18-9-7-17(8-10-18)15-23(14-16-5-2-1-3-6-16)19(24)13-21(20(25)26)11-4-12-21/h1-3,5-10H,4,11-15H2,(H,25,26). The molecule has 26 heavy (non-hydrogen) atoms. The van der Waals surface area contributed by atoms with Gasteiger partial charge in [0.05, 0.1) is 5.41 Å². The number of nitrogens with zero attached hydrogens (tertiary/aromatic N) is 1. The zero-order chi connectivity index (χ0) is 18.6. The molecule has 0 unspecified atom stereocenters. The van der Waals surface area contributed by atoms with E-state index >= 15 is 0 Å². The zero-order valence-corrected chi connectivity index (χ0v) is 14.5. The van der Waals surface area contributed by atoms with E-state index in [1.807, 2.05) is 30.3 Å². The quantitative estimate of drug-likeness (QED) is 0.817. The van der Waals surface area contributed by atoms with Crippen molar-refractivity contribution in [3.8, 4) is 0 Å². The second-order valence-corrected chi connectivity index (χ2v) is 6.98. The highest BCUT2D eigenvalue weighted by atomic mass is 19.1. The van der Waals surface area contributed by atoms with Crippen molar-refractivity contribution >= 4 is 11.9 Å². The number of carboxylic acids is 1. The van der Waals surface area contributed by atoms with Crippen molar-refractivity contribution in [2.45, 2.75) is 38.8 Å². The summed E-state index contributed by atoms with van der Waals surface area (Å²) in [6.07, 6.45) is 1.94. The molecule has 5 heteroatoms. The third kappa shape index (κ3) is 4.10. The zero-order valence-electron chi connectivity index (χ0n) is 14.5. The van der Waals surface area contributed by atoms with Crippen LogP contribution in [0, 0.1) is 11.2 Å². The molecule has 0 radical (unpaired) electrons. The number of halogens is 1. The first kappa shape index (κ1) is 18.1. The number of carbonyl (C=O) groups is 2. The second kappa shape index (κ2) is 7.68. The summed E-state index contributed by atoms with van der Waals surface area (Å²) >= 11 is 0. The molecule has 4 nitrogen and oxygen atoms in total. The number of hydrogen-bond donors (Lipinski definition) is 1. The van der Waals surface area contributed by atoms with Crippen LogP contribution >= 0.6 is 0 Å². The number of hydrogen-bond acceptors (Lipinski definition) is 2. The molecule has 136 valence electrons. The Hall–Kier alpha value is -2.69. The third-order valence-electron chi connectivity index (χ3n) is 5.11. The van der Waals surface area contributed by atoms with Gasteiger partial charge in [0.1, 0.15) is 5.82 Å². The highest BCUT2D eigenvalue weighted by molar-refractivity contribution is 5.85. The highest BCUT2D eigenvalue weighted by Gasteiger charge is 2.46. The highest BCUT2D eigenvalue weighted by Crippen LogP contribution is 2.44. The number of amides is 1. The van der Waals surface area contributed by atoms with Gasteiger partial charge in [0.2, 0.25) is 5.91 Å². The molecule has 1 N–H and O–H groups in total. The van der Waals surface area contributed by atoms with Crippen LogP contribution in [0.2, 0.25) is 0 Å². The van der Waals surface area contributed by atoms with Crippen LogP contribution in [0.5, 0.6) is 0 Å². The Labute approximate surface area is 152 Å². The average molecular weight is 355 g/mol. The SMILES string of the molecule is O=C(CC1(C(=O)O)CCC1)N(Cc1ccccc1)Cc1ccc(F)cc1. The molecule has 0 heterocycles. The van der Waals surface area contributed by atoms with Gasteiger partial charge < -0.3 is 10.0 Å². The maximum Gasteiger partial charge on any atom is 0.310 e. The maximum absolute atomic E-state index is 13.1. The smallest absolute Gasteiger partial charge is 0.310 e. The molecule has 1 aliphatic rings. The van der Waals surface area contributed by atoms with Crippen molar-refractivity contribution in [3.63, 3.8) is 0 Å². The molecule has 1 aliphatic carbocycles. The van der Waals surface area contributed by atoms with Crippen LogP contribution in [0.4, 0.5) is 4.39 Å². The van der Waals surface area contributed by atoms with E-state index in [2.05, 4.69) is 0 Å². The van der Waals surface area contributed by atoms with Gasteiger partial charge in [-0.2, -0.15) is 0 Å². The minimum absolute atomic E-state index is 0.0103. The van der Waals surface area contributed by atoms with Gasteiger partial charge in [0.25, 0.3) is 0 Å². The van der Waals surface area contributed by atoms with Gasteiger partial charge in [0, 0.05) is 19.5 Å². The predicted molar refractivity (Wildman–Crippen MR) is 95.6 cm³/mol. The minimum Gasteiger partial charge on any atom is -0.481 e. The molecule has 1 amide bonds. The van der Waals surface area contributed by atoms with Gasteiger partial charge in [-0.1, -0.05) is 48.9 Å². The Balaban J connectivity index is 1.78. The van der Waals surface area contributed by atoms with Crippen molar-refractivity contribution < 1.29 is 19.1 Å². The number of benzene rings is 2. The summed E-state index contributed by atoms with van der Waals surface area (Å²) in [6, 6.07) is 15.6. The van der Waals surface area contributed by atoms with E-state index < -0.39 is 11.4 Å². The molecule has 0 spiro atoms. The van der Waals surface area contributed by atoms with Gasteiger partial charge >= 0.3 is 5.97 Å². The molecule has 2 aromatic carbocycles. The number of rotatable bonds is 7. The summed E-state index contributed by atoms with van der Waals surface area (Å²) in [5, 5.41) is 9.51. The van der Waals surface area contributed by atoms with Crippen LogP contribution in [0.25, 0.3) is 0 Å². The molecule has 0 aliphatic heterocycles. The van der Waals surface area contributed by atoms with Crippen molar-refractivity contribution in [2.24, 2.45) is 5.41 Å². The Kier molecular flexibility index (Phi) is 5.35. The van der Waals surface area contributed by atoms with E-state index in [9.17, 15) is 19.1 Å². The van der Waals surface area contributed by atoms with Gasteiger partial charge in [0.15, 0.2) is 0 Å². The minimum atomic E-state index is -0.922. The summed E-state index contributed by atoms with van der Waals surface area (Å²) < 4.78 is 13.1. The average Bonchev–Trinajstić information content (AvgIpc) is 2.60. The van der Waals surface area contributed by atoms with E-state index in [1.165, 1.54) is 12.1 Å². The molecule has 0 bridgehead atoms. The summed E-state index contributed by atoms with van der Waals surface area (Å²) in [6.45, 7) is 0.719. The summed E-state index contributed by atoms with van der Waals surface area (Å²) in [5.74, 6) is -1.40. The molecule has 0 aromatic heterocycles. The van der Waals surface area contributed by atoms with Crippen molar-refractivity contribution in [1.82, 2.24) is 4.90 Å². The van der Waals surface area contributed by atoms with E-state index in [0.717, 1.165) is 17.5 Å². The molecular formula is C21H22FNO3. The lowest BCUT2D eigenvalue weighted by molar-refractivity contribution is -0.159. The molecule has 1 saturated carbocycles. The fourth-order valence-corrected chi connectivity index (χ4v) is 3.32. The van der Waals surface area contributed by atoms with E-state index in [0.29, 0.717) is 25.9 Å². The van der Waals surface area contributed by atoms with Crippen LogP contribution in [-0.4, -0.2) is 21.9 Å². The molecule has 0 atom stereocenters. The van der Waals surface area contributed by atoms with Crippen LogP contribution in [0.15, 0.2) is 54.6 Å². The van der Waals surface area contributed by atoms with E-state index in [1.54, 1.807) is 17.0 Å². The van der Waals surface area contributed by atoms with Gasteiger partial charge in [-0.3, -0.25) is 9.59 Å². The molecule has 3 rings (SSSR count). The largest absolute Gasteiger partial charge is 0.481 e. The van der Waals surface area contributed by atoms with Gasteiger partial charge in [-0.15, -0.1) is 0 Å².